The van der Waals surface area contributed by atoms with E-state index in [-0.39, 0.29) is 10.6 Å². The summed E-state index contributed by atoms with van der Waals surface area (Å²) in [4.78, 5) is 0. The Morgan fingerprint density at radius 2 is 1.17 bits per heavy atom. The van der Waals surface area contributed by atoms with Gasteiger partial charge in [-0.05, 0) is 50.1 Å². The van der Waals surface area contributed by atoms with E-state index in [0.29, 0.717) is 22.3 Å². The molecular formula is C27H21F5NOP. The summed E-state index contributed by atoms with van der Waals surface area (Å²) >= 11 is 0. The lowest BCUT2D eigenvalue weighted by molar-refractivity contribution is 0.382. The van der Waals surface area contributed by atoms with Gasteiger partial charge in [0.15, 0.2) is 23.3 Å². The summed E-state index contributed by atoms with van der Waals surface area (Å²) in [5, 5.41) is 2.60. The molecule has 1 N–H and O–H groups in total. The number of halogens is 5. The van der Waals surface area contributed by atoms with Gasteiger partial charge >= 0.3 is 0 Å². The molecule has 0 fully saturated rings. The Kier molecular flexibility index (Phi) is 6.56. The van der Waals surface area contributed by atoms with Gasteiger partial charge < -0.3 is 5.09 Å². The SMILES string of the molecule is Cc1ccc(-c2ccc(C)cc2P(=O)(Nc2c(F)c(F)c(F)c(F)c2F)c2cccc(C)c2)cc1. The van der Waals surface area contributed by atoms with Crippen LogP contribution in [0.2, 0.25) is 0 Å². The van der Waals surface area contributed by atoms with Crippen LogP contribution in [-0.4, -0.2) is 0 Å². The van der Waals surface area contributed by atoms with E-state index in [0.717, 1.165) is 5.56 Å². The maximum Gasteiger partial charge on any atom is 0.227 e. The van der Waals surface area contributed by atoms with Gasteiger partial charge in [-0.15, -0.1) is 0 Å². The van der Waals surface area contributed by atoms with Crippen molar-refractivity contribution in [1.29, 1.82) is 0 Å². The summed E-state index contributed by atoms with van der Waals surface area (Å²) in [6.45, 7) is 5.40. The minimum atomic E-state index is -4.21. The highest BCUT2D eigenvalue weighted by atomic mass is 31.2. The Hall–Kier alpha value is -3.44. The maximum absolute atomic E-state index is 14.8. The van der Waals surface area contributed by atoms with Crippen LogP contribution in [-0.2, 0) is 4.57 Å². The Labute approximate surface area is 199 Å². The average molecular weight is 501 g/mol. The summed E-state index contributed by atoms with van der Waals surface area (Å²) in [6, 6.07) is 18.8. The second kappa shape index (κ2) is 9.31. The Morgan fingerprint density at radius 3 is 1.77 bits per heavy atom. The fourth-order valence-corrected chi connectivity index (χ4v) is 6.48. The predicted molar refractivity (Wildman–Crippen MR) is 129 cm³/mol. The highest BCUT2D eigenvalue weighted by molar-refractivity contribution is 7.80. The number of rotatable bonds is 5. The van der Waals surface area contributed by atoms with Gasteiger partial charge in [0.2, 0.25) is 13.1 Å². The molecule has 4 aromatic rings. The molecule has 8 heteroatoms. The normalized spacial score (nSPS) is 12.9. The van der Waals surface area contributed by atoms with E-state index in [2.05, 4.69) is 5.09 Å². The monoisotopic (exact) mass is 501 g/mol. The van der Waals surface area contributed by atoms with Gasteiger partial charge in [-0.3, -0.25) is 4.57 Å². The van der Waals surface area contributed by atoms with Crippen molar-refractivity contribution in [2.75, 3.05) is 5.09 Å². The van der Waals surface area contributed by atoms with Crippen molar-refractivity contribution in [1.82, 2.24) is 0 Å². The third-order valence-corrected chi connectivity index (χ3v) is 8.29. The minimum Gasteiger partial charge on any atom is -0.324 e. The number of benzene rings is 4. The predicted octanol–water partition coefficient (Wildman–Crippen LogP) is 7.32. The molecule has 4 aromatic carbocycles. The van der Waals surface area contributed by atoms with Crippen LogP contribution < -0.4 is 15.7 Å². The topological polar surface area (TPSA) is 29.1 Å². The van der Waals surface area contributed by atoms with Crippen molar-refractivity contribution >= 4 is 23.6 Å². The summed E-state index contributed by atoms with van der Waals surface area (Å²) < 4.78 is 85.8. The molecule has 0 aromatic heterocycles. The van der Waals surface area contributed by atoms with Crippen LogP contribution in [0.3, 0.4) is 0 Å². The van der Waals surface area contributed by atoms with Gasteiger partial charge in [0.1, 0.15) is 5.69 Å². The first kappa shape index (κ1) is 24.7. The summed E-state index contributed by atoms with van der Waals surface area (Å²) in [5.74, 6) is -10.7. The molecule has 0 heterocycles. The van der Waals surface area contributed by atoms with Gasteiger partial charge in [0.05, 0.1) is 0 Å². The largest absolute Gasteiger partial charge is 0.324 e. The molecule has 0 saturated heterocycles. The van der Waals surface area contributed by atoms with E-state index < -0.39 is 42.1 Å². The maximum atomic E-state index is 14.8. The number of aryl methyl sites for hydroxylation is 3. The second-order valence-electron chi connectivity index (χ2n) is 8.39. The highest BCUT2D eigenvalue weighted by Gasteiger charge is 2.35. The molecule has 0 aliphatic carbocycles. The third kappa shape index (κ3) is 4.48. The van der Waals surface area contributed by atoms with Crippen molar-refractivity contribution in [3.05, 3.63) is 113 Å². The van der Waals surface area contributed by atoms with E-state index in [1.807, 2.05) is 31.2 Å². The zero-order valence-electron chi connectivity index (χ0n) is 19.1. The van der Waals surface area contributed by atoms with E-state index in [9.17, 15) is 26.5 Å². The first-order valence-corrected chi connectivity index (χ1v) is 12.4. The molecule has 35 heavy (non-hydrogen) atoms. The van der Waals surface area contributed by atoms with Gasteiger partial charge in [-0.2, -0.15) is 0 Å². The van der Waals surface area contributed by atoms with E-state index in [1.54, 1.807) is 50.2 Å². The van der Waals surface area contributed by atoms with Crippen molar-refractivity contribution < 1.29 is 26.5 Å². The standard InChI is InChI=1S/C27H21F5NOP/c1-15-7-10-18(11-8-15)20-12-9-17(3)14-21(20)35(34,19-6-4-5-16(2)13-19)33-27-25(31)23(29)22(28)24(30)26(27)32/h4-14H,1-3H3,(H,33,34). The molecule has 4 rings (SSSR count). The fourth-order valence-electron chi connectivity index (χ4n) is 3.83. The molecule has 0 spiro atoms. The average Bonchev–Trinajstić information content (AvgIpc) is 2.84. The van der Waals surface area contributed by atoms with Gasteiger partial charge in [-0.25, -0.2) is 22.0 Å². The Bertz CT molecular complexity index is 1460. The van der Waals surface area contributed by atoms with Crippen LogP contribution >= 0.6 is 7.29 Å². The third-order valence-electron chi connectivity index (χ3n) is 5.70. The van der Waals surface area contributed by atoms with Crippen molar-refractivity contribution in [2.45, 2.75) is 20.8 Å². The summed E-state index contributed by atoms with van der Waals surface area (Å²) in [6.07, 6.45) is 0. The minimum absolute atomic E-state index is 0.153. The fraction of sp³-hybridized carbons (Fsp3) is 0.111. The van der Waals surface area contributed by atoms with Crippen LogP contribution in [0, 0.1) is 49.9 Å². The molecule has 180 valence electrons. The quantitative estimate of drug-likeness (QED) is 0.134. The molecular weight excluding hydrogens is 480 g/mol. The van der Waals surface area contributed by atoms with Crippen LogP contribution in [0.25, 0.3) is 11.1 Å². The van der Waals surface area contributed by atoms with Crippen molar-refractivity contribution in [3.63, 3.8) is 0 Å². The first-order valence-electron chi connectivity index (χ1n) is 10.7. The van der Waals surface area contributed by atoms with Gasteiger partial charge in [-0.1, -0.05) is 65.2 Å². The molecule has 1 atom stereocenters. The molecule has 0 amide bonds. The molecule has 0 aliphatic rings. The van der Waals surface area contributed by atoms with Crippen LogP contribution in [0.15, 0.2) is 66.7 Å². The number of nitrogens with one attached hydrogen (secondary N) is 1. The zero-order chi connectivity index (χ0) is 25.5. The lowest BCUT2D eigenvalue weighted by atomic mass is 10.0. The molecule has 0 saturated carbocycles. The molecule has 0 bridgehead atoms. The lowest BCUT2D eigenvalue weighted by Gasteiger charge is -2.25. The van der Waals surface area contributed by atoms with Crippen LogP contribution in [0.5, 0.6) is 0 Å². The number of hydrogen-bond acceptors (Lipinski definition) is 1. The molecule has 0 radical (unpaired) electrons. The van der Waals surface area contributed by atoms with Crippen molar-refractivity contribution in [3.8, 4) is 11.1 Å². The van der Waals surface area contributed by atoms with E-state index in [1.165, 1.54) is 6.07 Å². The smallest absolute Gasteiger partial charge is 0.227 e. The summed E-state index contributed by atoms with van der Waals surface area (Å²) in [7, 11) is -4.21. The Morgan fingerprint density at radius 1 is 0.629 bits per heavy atom. The van der Waals surface area contributed by atoms with E-state index >= 15 is 0 Å². The van der Waals surface area contributed by atoms with Gasteiger partial charge in [0, 0.05) is 10.6 Å². The number of anilines is 1. The first-order chi connectivity index (χ1) is 16.5. The summed E-state index contributed by atoms with van der Waals surface area (Å²) in [5.41, 5.74) is 2.22. The Balaban J connectivity index is 2.04. The molecule has 2 nitrogen and oxygen atoms in total. The highest BCUT2D eigenvalue weighted by Crippen LogP contribution is 2.48. The van der Waals surface area contributed by atoms with Crippen LogP contribution in [0.4, 0.5) is 27.6 Å². The van der Waals surface area contributed by atoms with Crippen molar-refractivity contribution in [2.24, 2.45) is 0 Å². The molecule has 1 unspecified atom stereocenters. The second-order valence-corrected chi connectivity index (χ2v) is 10.8. The van der Waals surface area contributed by atoms with E-state index in [4.69, 9.17) is 0 Å². The van der Waals surface area contributed by atoms with Gasteiger partial charge in [0.25, 0.3) is 0 Å². The molecule has 0 aliphatic heterocycles. The zero-order valence-corrected chi connectivity index (χ0v) is 20.0. The van der Waals surface area contributed by atoms with Crippen LogP contribution in [0.1, 0.15) is 16.7 Å². The number of hydrogen-bond donors (Lipinski definition) is 1. The lowest BCUT2D eigenvalue weighted by Crippen LogP contribution is -2.25.